The highest BCUT2D eigenvalue weighted by Crippen LogP contribution is 2.62. The SMILES string of the molecule is COc1ccc2c(c1)CC[C@H]1[C@@H]3[C@H](CCCCC(=O)NCC4=CC(C)C(Cl)C=C4)CC(=O)[C@@]3(C)CC[C@H]21. The molecule has 1 aromatic rings. The molecule has 4 aliphatic carbocycles. The van der Waals surface area contributed by atoms with E-state index in [-0.39, 0.29) is 16.7 Å². The molecule has 1 amide bonds. The van der Waals surface area contributed by atoms with Gasteiger partial charge in [-0.1, -0.05) is 44.6 Å². The van der Waals surface area contributed by atoms with Gasteiger partial charge in [0.05, 0.1) is 12.5 Å². The quantitative estimate of drug-likeness (QED) is 0.302. The number of unbranched alkanes of at least 4 members (excludes halogenated alkanes) is 1. The Morgan fingerprint density at radius 2 is 2.08 bits per heavy atom. The summed E-state index contributed by atoms with van der Waals surface area (Å²) in [6.45, 7) is 4.92. The number of carbonyl (C=O) groups excluding carboxylic acids is 2. The van der Waals surface area contributed by atoms with E-state index in [2.05, 4.69) is 43.4 Å². The van der Waals surface area contributed by atoms with E-state index in [0.717, 1.165) is 56.3 Å². The van der Waals surface area contributed by atoms with E-state index in [4.69, 9.17) is 16.3 Å². The molecule has 0 aromatic heterocycles. The van der Waals surface area contributed by atoms with Gasteiger partial charge in [-0.05, 0) is 96.9 Å². The van der Waals surface area contributed by atoms with Gasteiger partial charge in [0.15, 0.2) is 0 Å². The molecule has 0 heterocycles. The maximum atomic E-state index is 13.3. The zero-order chi connectivity index (χ0) is 26.2. The summed E-state index contributed by atoms with van der Waals surface area (Å²) in [6, 6.07) is 6.61. The Bertz CT molecular complexity index is 1090. The van der Waals surface area contributed by atoms with E-state index in [1.165, 1.54) is 17.5 Å². The summed E-state index contributed by atoms with van der Waals surface area (Å²) in [5, 5.41) is 3.10. The molecule has 200 valence electrons. The molecular formula is C32H42ClNO3. The van der Waals surface area contributed by atoms with Gasteiger partial charge in [0.2, 0.25) is 5.91 Å². The third kappa shape index (κ3) is 5.28. The van der Waals surface area contributed by atoms with Crippen LogP contribution >= 0.6 is 11.6 Å². The molecule has 2 fully saturated rings. The highest BCUT2D eigenvalue weighted by Gasteiger charge is 2.58. The first-order valence-corrected chi connectivity index (χ1v) is 14.7. The van der Waals surface area contributed by atoms with Crippen molar-refractivity contribution in [2.24, 2.45) is 29.1 Å². The molecule has 5 rings (SSSR count). The number of methoxy groups -OCH3 is 1. The molecule has 7 atom stereocenters. The smallest absolute Gasteiger partial charge is 0.220 e. The van der Waals surface area contributed by atoms with Crippen molar-refractivity contribution in [2.45, 2.75) is 82.9 Å². The number of carbonyl (C=O) groups is 2. The number of hydrogen-bond donors (Lipinski definition) is 1. The fraction of sp³-hybridized carbons (Fsp3) is 0.625. The molecule has 37 heavy (non-hydrogen) atoms. The third-order valence-corrected chi connectivity index (χ3v) is 10.5. The summed E-state index contributed by atoms with van der Waals surface area (Å²) in [5.74, 6) is 3.91. The number of rotatable bonds is 8. The van der Waals surface area contributed by atoms with Crippen molar-refractivity contribution in [1.82, 2.24) is 5.32 Å². The first-order chi connectivity index (χ1) is 17.8. The molecule has 2 saturated carbocycles. The fourth-order valence-electron chi connectivity index (χ4n) is 7.99. The monoisotopic (exact) mass is 523 g/mol. The van der Waals surface area contributed by atoms with Crippen LogP contribution in [0.4, 0.5) is 0 Å². The number of allylic oxidation sites excluding steroid dienone is 2. The summed E-state index contributed by atoms with van der Waals surface area (Å²) >= 11 is 6.22. The zero-order valence-electron chi connectivity index (χ0n) is 22.6. The van der Waals surface area contributed by atoms with Gasteiger partial charge in [-0.15, -0.1) is 11.6 Å². The molecule has 0 radical (unpaired) electrons. The second kappa shape index (κ2) is 11.0. The summed E-state index contributed by atoms with van der Waals surface area (Å²) in [4.78, 5) is 25.7. The van der Waals surface area contributed by atoms with Crippen molar-refractivity contribution in [3.8, 4) is 5.75 Å². The van der Waals surface area contributed by atoms with Gasteiger partial charge in [0.1, 0.15) is 11.5 Å². The summed E-state index contributed by atoms with van der Waals surface area (Å²) in [5.41, 5.74) is 3.90. The number of aryl methyl sites for hydroxylation is 1. The number of benzene rings is 1. The maximum Gasteiger partial charge on any atom is 0.220 e. The number of fused-ring (bicyclic) bond motifs is 5. The number of amides is 1. The van der Waals surface area contributed by atoms with Crippen molar-refractivity contribution in [1.29, 1.82) is 0 Å². The van der Waals surface area contributed by atoms with Gasteiger partial charge >= 0.3 is 0 Å². The number of halogens is 1. The Hall–Kier alpha value is -2.07. The maximum absolute atomic E-state index is 13.3. The first-order valence-electron chi connectivity index (χ1n) is 14.3. The number of hydrogen-bond acceptors (Lipinski definition) is 3. The number of ketones is 1. The number of Topliss-reactive ketones (excluding diaryl/α,β-unsaturated/α-hetero) is 1. The second-order valence-corrected chi connectivity index (χ2v) is 12.7. The van der Waals surface area contributed by atoms with Gasteiger partial charge in [-0.2, -0.15) is 0 Å². The van der Waals surface area contributed by atoms with E-state index in [0.29, 0.717) is 48.3 Å². The lowest BCUT2D eigenvalue weighted by Gasteiger charge is -2.50. The largest absolute Gasteiger partial charge is 0.497 e. The minimum Gasteiger partial charge on any atom is -0.497 e. The van der Waals surface area contributed by atoms with Crippen LogP contribution < -0.4 is 10.1 Å². The van der Waals surface area contributed by atoms with Crippen molar-refractivity contribution < 1.29 is 14.3 Å². The molecule has 4 aliphatic rings. The van der Waals surface area contributed by atoms with E-state index in [1.807, 2.05) is 12.2 Å². The lowest BCUT2D eigenvalue weighted by atomic mass is 9.54. The van der Waals surface area contributed by atoms with Gasteiger partial charge in [0, 0.05) is 24.8 Å². The van der Waals surface area contributed by atoms with Gasteiger partial charge in [-0.3, -0.25) is 9.59 Å². The molecule has 5 heteroatoms. The lowest BCUT2D eigenvalue weighted by Crippen LogP contribution is -2.44. The third-order valence-electron chi connectivity index (χ3n) is 9.97. The Balaban J connectivity index is 1.15. The first kappa shape index (κ1) is 26.5. The van der Waals surface area contributed by atoms with Crippen LogP contribution in [0.1, 0.15) is 82.3 Å². The second-order valence-electron chi connectivity index (χ2n) is 12.2. The fourth-order valence-corrected chi connectivity index (χ4v) is 8.13. The van der Waals surface area contributed by atoms with Crippen molar-refractivity contribution in [3.05, 3.63) is 53.1 Å². The topological polar surface area (TPSA) is 55.4 Å². The van der Waals surface area contributed by atoms with Gasteiger partial charge < -0.3 is 10.1 Å². The standard InChI is InChI=1S/C32H42ClNO3/c1-20-16-21(8-13-28(20)33)19-34-30(36)7-5-4-6-23-18-29(35)32(2)15-14-26-25-12-10-24(37-3)17-22(25)9-11-27(26)31(23)32/h8,10,12-13,16-17,20,23,26-28,31H,4-7,9,11,14-15,18-19H2,1-3H3,(H,34,36)/t20?,23-,26-,27-,28?,31+,32-/m1/s1. The van der Waals surface area contributed by atoms with Crippen LogP contribution in [0.3, 0.4) is 0 Å². The summed E-state index contributed by atoms with van der Waals surface area (Å²) in [7, 11) is 1.74. The normalized spacial score (nSPS) is 34.3. The van der Waals surface area contributed by atoms with Crippen molar-refractivity contribution in [2.75, 3.05) is 13.7 Å². The molecule has 1 aromatic carbocycles. The predicted molar refractivity (Wildman–Crippen MR) is 149 cm³/mol. The van der Waals surface area contributed by atoms with Crippen molar-refractivity contribution >= 4 is 23.3 Å². The average molecular weight is 524 g/mol. The number of nitrogens with one attached hydrogen (secondary N) is 1. The highest BCUT2D eigenvalue weighted by molar-refractivity contribution is 6.22. The minimum atomic E-state index is -0.159. The van der Waals surface area contributed by atoms with Crippen LogP contribution in [0.2, 0.25) is 0 Å². The molecule has 2 unspecified atom stereocenters. The predicted octanol–water partition coefficient (Wildman–Crippen LogP) is 6.76. The Labute approximate surface area is 227 Å². The molecule has 0 saturated heterocycles. The van der Waals surface area contributed by atoms with Crippen LogP contribution in [0.15, 0.2) is 42.0 Å². The highest BCUT2D eigenvalue weighted by atomic mass is 35.5. The van der Waals surface area contributed by atoms with E-state index in [9.17, 15) is 9.59 Å². The molecule has 4 nitrogen and oxygen atoms in total. The molecule has 0 aliphatic heterocycles. The number of alkyl halides is 1. The van der Waals surface area contributed by atoms with Gasteiger partial charge in [-0.25, -0.2) is 0 Å². The Kier molecular flexibility index (Phi) is 7.86. The van der Waals surface area contributed by atoms with E-state index >= 15 is 0 Å². The molecule has 0 bridgehead atoms. The van der Waals surface area contributed by atoms with Crippen molar-refractivity contribution in [3.63, 3.8) is 0 Å². The average Bonchev–Trinajstić information content (AvgIpc) is 3.16. The van der Waals surface area contributed by atoms with Crippen LogP contribution in [0.5, 0.6) is 5.75 Å². The van der Waals surface area contributed by atoms with E-state index in [1.54, 1.807) is 7.11 Å². The van der Waals surface area contributed by atoms with Crippen LogP contribution in [-0.4, -0.2) is 30.7 Å². The summed E-state index contributed by atoms with van der Waals surface area (Å²) < 4.78 is 5.47. The lowest BCUT2D eigenvalue weighted by molar-refractivity contribution is -0.129. The van der Waals surface area contributed by atoms with Crippen LogP contribution in [-0.2, 0) is 16.0 Å². The number of ether oxygens (including phenoxy) is 1. The summed E-state index contributed by atoms with van der Waals surface area (Å²) in [6.07, 6.45) is 14.8. The minimum absolute atomic E-state index is 0.0371. The van der Waals surface area contributed by atoms with Gasteiger partial charge in [0.25, 0.3) is 0 Å². The molecular weight excluding hydrogens is 482 g/mol. The Morgan fingerprint density at radius 1 is 1.24 bits per heavy atom. The molecule has 0 spiro atoms. The van der Waals surface area contributed by atoms with E-state index < -0.39 is 0 Å². The van der Waals surface area contributed by atoms with Crippen LogP contribution in [0.25, 0.3) is 0 Å². The zero-order valence-corrected chi connectivity index (χ0v) is 23.4. The molecule has 1 N–H and O–H groups in total. The van der Waals surface area contributed by atoms with Crippen LogP contribution in [0, 0.1) is 29.1 Å². The Morgan fingerprint density at radius 3 is 2.86 bits per heavy atom.